The summed E-state index contributed by atoms with van der Waals surface area (Å²) in [5.74, 6) is 1.42. The zero-order chi connectivity index (χ0) is 10.5. The van der Waals surface area contributed by atoms with Gasteiger partial charge in [0.15, 0.2) is 5.82 Å². The molecule has 1 aliphatic rings. The van der Waals surface area contributed by atoms with Gasteiger partial charge in [0.2, 0.25) is 5.89 Å². The van der Waals surface area contributed by atoms with E-state index in [9.17, 15) is 0 Å². The maximum absolute atomic E-state index is 4.93. The first-order chi connectivity index (χ1) is 7.34. The minimum Gasteiger partial charge on any atom is -0.340 e. The van der Waals surface area contributed by atoms with E-state index < -0.39 is 0 Å². The van der Waals surface area contributed by atoms with E-state index in [1.54, 1.807) is 0 Å². The monoisotopic (exact) mass is 209 g/mol. The summed E-state index contributed by atoms with van der Waals surface area (Å²) < 4.78 is 4.93. The van der Waals surface area contributed by atoms with Gasteiger partial charge in [0.25, 0.3) is 0 Å². The minimum absolute atomic E-state index is 0.645. The van der Waals surface area contributed by atoms with Crippen molar-refractivity contribution in [2.75, 3.05) is 0 Å². The second-order valence-electron chi connectivity index (χ2n) is 4.30. The van der Waals surface area contributed by atoms with Crippen molar-refractivity contribution in [1.82, 2.24) is 15.5 Å². The van der Waals surface area contributed by atoms with E-state index in [1.807, 2.05) is 6.92 Å². The predicted octanol–water partition coefficient (Wildman–Crippen LogP) is 2.19. The van der Waals surface area contributed by atoms with E-state index in [2.05, 4.69) is 15.5 Å². The van der Waals surface area contributed by atoms with E-state index in [0.29, 0.717) is 11.9 Å². The number of aryl methyl sites for hydroxylation is 1. The maximum atomic E-state index is 4.93. The summed E-state index contributed by atoms with van der Waals surface area (Å²) >= 11 is 0. The third kappa shape index (κ3) is 3.30. The molecule has 1 aromatic heterocycles. The molecular formula is C11H19N3O. The molecule has 4 nitrogen and oxygen atoms in total. The van der Waals surface area contributed by atoms with Crippen LogP contribution in [0.3, 0.4) is 0 Å². The highest BCUT2D eigenvalue weighted by Gasteiger charge is 2.12. The fraction of sp³-hybridized carbons (Fsp3) is 0.818. The molecule has 1 aromatic rings. The van der Waals surface area contributed by atoms with Crippen molar-refractivity contribution in [3.63, 3.8) is 0 Å². The van der Waals surface area contributed by atoms with Crippen molar-refractivity contribution >= 4 is 0 Å². The first-order valence-corrected chi connectivity index (χ1v) is 5.87. The molecule has 1 heterocycles. The van der Waals surface area contributed by atoms with Crippen LogP contribution in [0.4, 0.5) is 0 Å². The van der Waals surface area contributed by atoms with E-state index in [-0.39, 0.29) is 0 Å². The molecule has 0 unspecified atom stereocenters. The molecule has 0 aliphatic heterocycles. The zero-order valence-corrected chi connectivity index (χ0v) is 9.33. The van der Waals surface area contributed by atoms with Crippen molar-refractivity contribution in [2.24, 2.45) is 0 Å². The Morgan fingerprint density at radius 3 is 2.60 bits per heavy atom. The topological polar surface area (TPSA) is 51.0 Å². The van der Waals surface area contributed by atoms with Crippen LogP contribution in [0, 0.1) is 6.92 Å². The number of nitrogens with one attached hydrogen (secondary N) is 1. The van der Waals surface area contributed by atoms with Gasteiger partial charge in [0, 0.05) is 13.0 Å². The Hall–Kier alpha value is -0.900. The van der Waals surface area contributed by atoms with Gasteiger partial charge in [-0.15, -0.1) is 0 Å². The van der Waals surface area contributed by atoms with Crippen LogP contribution in [0.25, 0.3) is 0 Å². The van der Waals surface area contributed by atoms with Crippen LogP contribution in [-0.4, -0.2) is 16.2 Å². The van der Waals surface area contributed by atoms with Crippen molar-refractivity contribution in [2.45, 2.75) is 58.0 Å². The van der Waals surface area contributed by atoms with Gasteiger partial charge in [-0.05, 0) is 12.8 Å². The van der Waals surface area contributed by atoms with Crippen LogP contribution in [0.1, 0.15) is 50.2 Å². The van der Waals surface area contributed by atoms with E-state index in [4.69, 9.17) is 4.52 Å². The first kappa shape index (κ1) is 10.6. The number of hydrogen-bond acceptors (Lipinski definition) is 4. The average molecular weight is 209 g/mol. The Bertz CT molecular complexity index is 290. The molecule has 0 spiro atoms. The molecule has 0 amide bonds. The second kappa shape index (κ2) is 5.26. The maximum Gasteiger partial charge on any atom is 0.223 e. The van der Waals surface area contributed by atoms with E-state index in [1.165, 1.54) is 38.5 Å². The Balaban J connectivity index is 1.76. The van der Waals surface area contributed by atoms with Crippen LogP contribution in [0.2, 0.25) is 0 Å². The van der Waals surface area contributed by atoms with Crippen LogP contribution >= 0.6 is 0 Å². The largest absolute Gasteiger partial charge is 0.340 e. The molecule has 1 fully saturated rings. The van der Waals surface area contributed by atoms with Crippen molar-refractivity contribution in [3.05, 3.63) is 11.7 Å². The van der Waals surface area contributed by atoms with Gasteiger partial charge in [0.05, 0.1) is 6.54 Å². The van der Waals surface area contributed by atoms with Gasteiger partial charge in [-0.1, -0.05) is 30.8 Å². The molecule has 4 heteroatoms. The summed E-state index contributed by atoms with van der Waals surface area (Å²) in [5.41, 5.74) is 0. The molecule has 15 heavy (non-hydrogen) atoms. The normalized spacial score (nSPS) is 19.0. The molecule has 1 aliphatic carbocycles. The Kier molecular flexibility index (Phi) is 3.72. The molecule has 2 rings (SSSR count). The highest BCUT2D eigenvalue weighted by Crippen LogP contribution is 2.17. The quantitative estimate of drug-likeness (QED) is 0.775. The van der Waals surface area contributed by atoms with Crippen LogP contribution in [0.5, 0.6) is 0 Å². The van der Waals surface area contributed by atoms with Gasteiger partial charge in [-0.25, -0.2) is 0 Å². The van der Waals surface area contributed by atoms with Gasteiger partial charge >= 0.3 is 0 Å². The summed E-state index contributed by atoms with van der Waals surface area (Å²) in [5, 5.41) is 7.38. The average Bonchev–Trinajstić information content (AvgIpc) is 2.52. The van der Waals surface area contributed by atoms with Gasteiger partial charge in [-0.3, -0.25) is 0 Å². The zero-order valence-electron chi connectivity index (χ0n) is 9.33. The third-order valence-corrected chi connectivity index (χ3v) is 2.97. The highest BCUT2D eigenvalue weighted by molar-refractivity contribution is 4.84. The molecule has 0 aromatic carbocycles. The van der Waals surface area contributed by atoms with Crippen molar-refractivity contribution < 1.29 is 4.52 Å². The number of rotatable bonds is 3. The molecule has 1 N–H and O–H groups in total. The lowest BCUT2D eigenvalue weighted by Gasteiger charge is -2.14. The predicted molar refractivity (Wildman–Crippen MR) is 57.4 cm³/mol. The molecule has 0 atom stereocenters. The summed E-state index contributed by atoms with van der Waals surface area (Å²) in [7, 11) is 0. The summed E-state index contributed by atoms with van der Waals surface area (Å²) in [6.45, 7) is 2.56. The molecule has 84 valence electrons. The van der Waals surface area contributed by atoms with Crippen LogP contribution in [-0.2, 0) is 6.54 Å². The highest BCUT2D eigenvalue weighted by atomic mass is 16.5. The van der Waals surface area contributed by atoms with Gasteiger partial charge in [-0.2, -0.15) is 4.98 Å². The van der Waals surface area contributed by atoms with Gasteiger partial charge in [0.1, 0.15) is 0 Å². The standard InChI is InChI=1S/C11H19N3O/c1-9-13-11(14-15-9)8-12-10-6-4-2-3-5-7-10/h10,12H,2-8H2,1H3. The molecule has 0 bridgehead atoms. The van der Waals surface area contributed by atoms with E-state index in [0.717, 1.165) is 12.4 Å². The third-order valence-electron chi connectivity index (χ3n) is 2.97. The second-order valence-corrected chi connectivity index (χ2v) is 4.30. The lowest BCUT2D eigenvalue weighted by Crippen LogP contribution is -2.28. The number of aromatic nitrogens is 2. The van der Waals surface area contributed by atoms with Crippen LogP contribution in [0.15, 0.2) is 4.52 Å². The van der Waals surface area contributed by atoms with Gasteiger partial charge < -0.3 is 9.84 Å². The summed E-state index contributed by atoms with van der Waals surface area (Å²) in [6, 6.07) is 0.645. The van der Waals surface area contributed by atoms with Crippen LogP contribution < -0.4 is 5.32 Å². The summed E-state index contributed by atoms with van der Waals surface area (Å²) in [4.78, 5) is 4.18. The Labute approximate surface area is 90.4 Å². The fourth-order valence-electron chi connectivity index (χ4n) is 2.13. The summed E-state index contributed by atoms with van der Waals surface area (Å²) in [6.07, 6.45) is 8.05. The minimum atomic E-state index is 0.645. The first-order valence-electron chi connectivity index (χ1n) is 5.87. The Morgan fingerprint density at radius 1 is 1.27 bits per heavy atom. The Morgan fingerprint density at radius 2 is 2.00 bits per heavy atom. The van der Waals surface area contributed by atoms with Crippen molar-refractivity contribution in [3.8, 4) is 0 Å². The molecule has 0 radical (unpaired) electrons. The smallest absolute Gasteiger partial charge is 0.223 e. The fourth-order valence-corrected chi connectivity index (χ4v) is 2.13. The molecule has 0 saturated heterocycles. The molecular weight excluding hydrogens is 190 g/mol. The molecule has 1 saturated carbocycles. The SMILES string of the molecule is Cc1nc(CNC2CCCCCC2)no1. The lowest BCUT2D eigenvalue weighted by atomic mass is 10.1. The number of nitrogens with zero attached hydrogens (tertiary/aromatic N) is 2. The number of hydrogen-bond donors (Lipinski definition) is 1. The lowest BCUT2D eigenvalue weighted by molar-refractivity contribution is 0.380. The van der Waals surface area contributed by atoms with Crippen molar-refractivity contribution in [1.29, 1.82) is 0 Å². The van der Waals surface area contributed by atoms with E-state index >= 15 is 0 Å².